The first-order valence-corrected chi connectivity index (χ1v) is 4.19. The average Bonchev–Trinajstić information content (AvgIpc) is 2.18. The Morgan fingerprint density at radius 2 is 1.57 bits per heavy atom. The zero-order valence-corrected chi connectivity index (χ0v) is 7.81. The van der Waals surface area contributed by atoms with Crippen molar-refractivity contribution in [2.45, 2.75) is 0 Å². The summed E-state index contributed by atoms with van der Waals surface area (Å²) >= 11 is 5.68. The molecule has 5 nitrogen and oxygen atoms in total. The summed E-state index contributed by atoms with van der Waals surface area (Å²) in [6, 6.07) is 0. The van der Waals surface area contributed by atoms with Gasteiger partial charge in [0.05, 0.1) is 24.8 Å². The Labute approximate surface area is 85.0 Å². The van der Waals surface area contributed by atoms with Crippen molar-refractivity contribution in [1.29, 1.82) is 0 Å². The number of hydrogen-bond donors (Lipinski definition) is 1. The van der Waals surface area contributed by atoms with Gasteiger partial charge < -0.3 is 5.73 Å². The van der Waals surface area contributed by atoms with Gasteiger partial charge in [0.2, 0.25) is 0 Å². The fraction of sp³-hybridized carbons (Fsp3) is 0. The minimum Gasteiger partial charge on any atom is -0.382 e. The molecule has 0 unspecified atom stereocenters. The third kappa shape index (κ3) is 1.77. The van der Waals surface area contributed by atoms with Gasteiger partial charge in [0.15, 0.2) is 0 Å². The van der Waals surface area contributed by atoms with Crippen LogP contribution in [-0.4, -0.2) is 19.9 Å². The molecule has 0 aliphatic heterocycles. The van der Waals surface area contributed by atoms with Gasteiger partial charge in [-0.2, -0.15) is 0 Å². The van der Waals surface area contributed by atoms with Crippen LogP contribution in [0, 0.1) is 0 Å². The monoisotopic (exact) mass is 207 g/mol. The van der Waals surface area contributed by atoms with E-state index >= 15 is 0 Å². The van der Waals surface area contributed by atoms with Crippen molar-refractivity contribution in [3.05, 3.63) is 29.9 Å². The zero-order chi connectivity index (χ0) is 9.97. The second kappa shape index (κ2) is 3.55. The maximum atomic E-state index is 5.68. The first-order chi connectivity index (χ1) is 6.75. The van der Waals surface area contributed by atoms with Crippen LogP contribution in [0.2, 0.25) is 5.15 Å². The van der Waals surface area contributed by atoms with Gasteiger partial charge in [-0.15, -0.1) is 0 Å². The van der Waals surface area contributed by atoms with E-state index in [2.05, 4.69) is 19.9 Å². The fourth-order valence-electron chi connectivity index (χ4n) is 0.970. The molecule has 0 fully saturated rings. The van der Waals surface area contributed by atoms with Gasteiger partial charge in [-0.3, -0.25) is 9.97 Å². The van der Waals surface area contributed by atoms with Gasteiger partial charge in [-0.1, -0.05) is 11.6 Å². The van der Waals surface area contributed by atoms with Crippen LogP contribution in [-0.2, 0) is 0 Å². The zero-order valence-electron chi connectivity index (χ0n) is 7.05. The van der Waals surface area contributed by atoms with E-state index in [9.17, 15) is 0 Å². The number of nitrogen functional groups attached to an aromatic ring is 1. The van der Waals surface area contributed by atoms with Gasteiger partial charge >= 0.3 is 0 Å². The second-order valence-corrected chi connectivity index (χ2v) is 2.94. The summed E-state index contributed by atoms with van der Waals surface area (Å²) in [5.41, 5.74) is 6.59. The highest BCUT2D eigenvalue weighted by Crippen LogP contribution is 2.14. The third-order valence-corrected chi connectivity index (χ3v) is 1.70. The van der Waals surface area contributed by atoms with Crippen molar-refractivity contribution in [1.82, 2.24) is 19.9 Å². The van der Waals surface area contributed by atoms with Gasteiger partial charge in [-0.05, 0) is 0 Å². The summed E-state index contributed by atoms with van der Waals surface area (Å²) < 4.78 is 0. The largest absolute Gasteiger partial charge is 0.382 e. The molecule has 0 atom stereocenters. The smallest absolute Gasteiger partial charge is 0.148 e. The van der Waals surface area contributed by atoms with E-state index in [1.165, 1.54) is 12.4 Å². The van der Waals surface area contributed by atoms with E-state index in [1.54, 1.807) is 12.4 Å². The van der Waals surface area contributed by atoms with Crippen molar-refractivity contribution < 1.29 is 0 Å². The van der Waals surface area contributed by atoms with E-state index < -0.39 is 0 Å². The van der Waals surface area contributed by atoms with Gasteiger partial charge in [0, 0.05) is 0 Å². The number of nitrogens with two attached hydrogens (primary N) is 1. The standard InChI is InChI=1S/C8H6ClN5/c9-7-3-11-1-5(13-7)6-2-12-4-8(10)14-6/h1-4H,(H2,10,14). The molecule has 0 spiro atoms. The lowest BCUT2D eigenvalue weighted by atomic mass is 10.3. The summed E-state index contributed by atoms with van der Waals surface area (Å²) in [4.78, 5) is 15.8. The number of halogens is 1. The van der Waals surface area contributed by atoms with Crippen LogP contribution >= 0.6 is 11.6 Å². The lowest BCUT2D eigenvalue weighted by Gasteiger charge is -1.99. The Morgan fingerprint density at radius 3 is 2.21 bits per heavy atom. The summed E-state index contributed by atoms with van der Waals surface area (Å²) in [7, 11) is 0. The molecule has 6 heteroatoms. The number of nitrogens with zero attached hydrogens (tertiary/aromatic N) is 4. The molecule has 0 aliphatic rings. The molecule has 70 valence electrons. The highest BCUT2D eigenvalue weighted by molar-refractivity contribution is 6.29. The molecule has 0 saturated carbocycles. The maximum Gasteiger partial charge on any atom is 0.148 e. The minimum atomic E-state index is 0.312. The Kier molecular flexibility index (Phi) is 2.24. The second-order valence-electron chi connectivity index (χ2n) is 2.56. The topological polar surface area (TPSA) is 77.6 Å². The quantitative estimate of drug-likeness (QED) is 0.760. The number of anilines is 1. The first kappa shape index (κ1) is 8.83. The lowest BCUT2D eigenvalue weighted by molar-refractivity contribution is 1.15. The Bertz CT molecular complexity index is 415. The third-order valence-electron chi connectivity index (χ3n) is 1.52. The van der Waals surface area contributed by atoms with Crippen LogP contribution < -0.4 is 5.73 Å². The summed E-state index contributed by atoms with van der Waals surface area (Å²) in [6.45, 7) is 0. The van der Waals surface area contributed by atoms with Crippen molar-refractivity contribution in [2.24, 2.45) is 0 Å². The number of aromatic nitrogens is 4. The van der Waals surface area contributed by atoms with Crippen molar-refractivity contribution in [2.75, 3.05) is 5.73 Å². The average molecular weight is 208 g/mol. The Hall–Kier alpha value is -1.75. The van der Waals surface area contributed by atoms with E-state index in [0.29, 0.717) is 22.4 Å². The van der Waals surface area contributed by atoms with Crippen LogP contribution in [0.5, 0.6) is 0 Å². The van der Waals surface area contributed by atoms with Crippen LogP contribution in [0.1, 0.15) is 0 Å². The van der Waals surface area contributed by atoms with E-state index in [4.69, 9.17) is 17.3 Å². The minimum absolute atomic E-state index is 0.312. The van der Waals surface area contributed by atoms with Crippen molar-refractivity contribution in [3.8, 4) is 11.4 Å². The van der Waals surface area contributed by atoms with Crippen LogP contribution in [0.15, 0.2) is 24.8 Å². The molecule has 2 aromatic heterocycles. The molecule has 2 N–H and O–H groups in total. The molecule has 0 bridgehead atoms. The fourth-order valence-corrected chi connectivity index (χ4v) is 1.12. The van der Waals surface area contributed by atoms with Gasteiger partial charge in [0.25, 0.3) is 0 Å². The predicted octanol–water partition coefficient (Wildman–Crippen LogP) is 1.17. The molecular weight excluding hydrogens is 202 g/mol. The highest BCUT2D eigenvalue weighted by atomic mass is 35.5. The molecule has 2 rings (SSSR count). The van der Waals surface area contributed by atoms with Crippen LogP contribution in [0.25, 0.3) is 11.4 Å². The molecule has 0 amide bonds. The molecule has 0 aliphatic carbocycles. The normalized spacial score (nSPS) is 10.1. The van der Waals surface area contributed by atoms with Crippen molar-refractivity contribution in [3.63, 3.8) is 0 Å². The molecule has 2 aromatic rings. The molecular formula is C8H6ClN5. The first-order valence-electron chi connectivity index (χ1n) is 3.81. The van der Waals surface area contributed by atoms with Gasteiger partial charge in [0.1, 0.15) is 22.4 Å². The van der Waals surface area contributed by atoms with Crippen molar-refractivity contribution >= 4 is 17.4 Å². The SMILES string of the molecule is Nc1cncc(-c2cncc(Cl)n2)n1. The molecule has 0 aromatic carbocycles. The lowest BCUT2D eigenvalue weighted by Crippen LogP contribution is -1.95. The highest BCUT2D eigenvalue weighted by Gasteiger charge is 2.02. The maximum absolute atomic E-state index is 5.68. The number of hydrogen-bond acceptors (Lipinski definition) is 5. The summed E-state index contributed by atoms with van der Waals surface area (Å²) in [5, 5.41) is 0.312. The van der Waals surface area contributed by atoms with Crippen LogP contribution in [0.3, 0.4) is 0 Å². The summed E-state index contributed by atoms with van der Waals surface area (Å²) in [6.07, 6.45) is 6.01. The predicted molar refractivity (Wildman–Crippen MR) is 52.5 cm³/mol. The number of rotatable bonds is 1. The van der Waals surface area contributed by atoms with E-state index in [1.807, 2.05) is 0 Å². The summed E-state index contributed by atoms with van der Waals surface area (Å²) in [5.74, 6) is 0.337. The molecule has 2 heterocycles. The van der Waals surface area contributed by atoms with Crippen LogP contribution in [0.4, 0.5) is 5.82 Å². The molecule has 0 saturated heterocycles. The molecule has 0 radical (unpaired) electrons. The van der Waals surface area contributed by atoms with Gasteiger partial charge in [-0.25, -0.2) is 9.97 Å². The Morgan fingerprint density at radius 1 is 0.929 bits per heavy atom. The molecule has 14 heavy (non-hydrogen) atoms. The van der Waals surface area contributed by atoms with E-state index in [0.717, 1.165) is 0 Å². The van der Waals surface area contributed by atoms with E-state index in [-0.39, 0.29) is 0 Å². The Balaban J connectivity index is 2.49.